The maximum absolute atomic E-state index is 14.2. The average molecular weight is 683 g/mol. The number of halogens is 1. The number of alkyl carbamates (subject to hydrolysis) is 1. The van der Waals surface area contributed by atoms with Gasteiger partial charge < -0.3 is 25.4 Å². The molecule has 3 aliphatic heterocycles. The Labute approximate surface area is 267 Å². The Kier molecular flexibility index (Phi) is 10.2. The highest BCUT2D eigenvalue weighted by molar-refractivity contribution is 9.09. The highest BCUT2D eigenvalue weighted by Crippen LogP contribution is 2.45. The van der Waals surface area contributed by atoms with Crippen LogP contribution >= 0.6 is 15.9 Å². The average Bonchev–Trinajstić information content (AvgIpc) is 3.26. The minimum Gasteiger partial charge on any atom is -0.479 e. The molecule has 2 aliphatic carbocycles. The molecule has 246 valence electrons. The Balaban J connectivity index is 1.37. The summed E-state index contributed by atoms with van der Waals surface area (Å²) in [5, 5.41) is 17.5. The van der Waals surface area contributed by atoms with Gasteiger partial charge in [-0.25, -0.2) is 20.4 Å². The number of carbonyl (C=O) groups is 4. The first-order valence-electron chi connectivity index (χ1n) is 16.1. The van der Waals surface area contributed by atoms with Crippen LogP contribution in [0.15, 0.2) is 12.2 Å². The zero-order valence-electron chi connectivity index (χ0n) is 25.9. The first-order chi connectivity index (χ1) is 20.9. The SMILES string of the molecule is CC(C)(C)OC(=O)N[C@@H]1CCCCC/C=C\[C@@H]2C[C@]2(C(=O)O)NC(=O)[C@@H]2C[C@H](N3NNC(C4CCCCC4Br)N3)CN2C1=O. The van der Waals surface area contributed by atoms with Crippen LogP contribution in [0.2, 0.25) is 0 Å². The molecule has 5 aliphatic rings. The Hall–Kier alpha value is -2.26. The predicted molar refractivity (Wildman–Crippen MR) is 166 cm³/mol. The minimum atomic E-state index is -1.38. The molecular weight excluding hydrogens is 634 g/mol. The van der Waals surface area contributed by atoms with E-state index in [1.54, 1.807) is 20.8 Å². The summed E-state index contributed by atoms with van der Waals surface area (Å²) in [5.74, 6) is -1.89. The van der Waals surface area contributed by atoms with Gasteiger partial charge in [-0.15, -0.1) is 0 Å². The largest absolute Gasteiger partial charge is 0.479 e. The minimum absolute atomic E-state index is 0.0295. The molecule has 0 aromatic rings. The Morgan fingerprint density at radius 2 is 1.86 bits per heavy atom. The van der Waals surface area contributed by atoms with Crippen molar-refractivity contribution in [3.8, 4) is 0 Å². The summed E-state index contributed by atoms with van der Waals surface area (Å²) in [6.07, 6.45) is 11.9. The second-order valence-electron chi connectivity index (χ2n) is 13.9. The number of fused-ring (bicyclic) bond motifs is 2. The van der Waals surface area contributed by atoms with Crippen LogP contribution < -0.4 is 27.0 Å². The van der Waals surface area contributed by atoms with Gasteiger partial charge in [-0.1, -0.05) is 53.8 Å². The number of hydrazine groups is 3. The Morgan fingerprint density at radius 1 is 1.11 bits per heavy atom. The molecule has 2 saturated heterocycles. The molecule has 5 rings (SSSR count). The molecule has 3 unspecified atom stereocenters. The lowest BCUT2D eigenvalue weighted by atomic mass is 9.87. The number of allylic oxidation sites excluding steroid dienone is 1. The molecule has 2 saturated carbocycles. The van der Waals surface area contributed by atoms with E-state index in [9.17, 15) is 24.3 Å². The second-order valence-corrected chi connectivity index (χ2v) is 15.1. The number of hydrogen-bond donors (Lipinski definition) is 6. The molecule has 13 nitrogen and oxygen atoms in total. The fourth-order valence-electron chi connectivity index (χ4n) is 6.96. The van der Waals surface area contributed by atoms with Crippen molar-refractivity contribution in [2.75, 3.05) is 6.54 Å². The number of aliphatic carboxylic acids is 1. The van der Waals surface area contributed by atoms with Crippen molar-refractivity contribution in [3.63, 3.8) is 0 Å². The van der Waals surface area contributed by atoms with Gasteiger partial charge in [0.05, 0.1) is 12.2 Å². The van der Waals surface area contributed by atoms with Crippen molar-refractivity contribution >= 4 is 39.8 Å². The van der Waals surface area contributed by atoms with Gasteiger partial charge in [-0.05, 0) is 65.7 Å². The van der Waals surface area contributed by atoms with Crippen LogP contribution in [0.1, 0.15) is 91.4 Å². The van der Waals surface area contributed by atoms with Crippen LogP contribution in [-0.4, -0.2) is 85.8 Å². The second kappa shape index (κ2) is 13.6. The Morgan fingerprint density at radius 3 is 2.59 bits per heavy atom. The molecule has 0 bridgehead atoms. The standard InChI is InChI=1S/C30H48BrN7O6/c1-29(2,3)44-28(43)32-22-14-8-6-4-5-7-11-18-16-30(18,27(41)42)33-25(39)23-15-19(17-37(23)26(22)40)38-35-24(34-36-38)20-12-9-10-13-21(20)31/h7,11,18-24,34-36H,4-6,8-10,12-17H2,1-3H3,(H,32,43)(H,33,39)(H,41,42)/b11-7-/t18-,19+,20?,21?,22-,23+,24?,30+/m1/s1. The fourth-order valence-corrected chi connectivity index (χ4v) is 7.85. The molecule has 4 fully saturated rings. The normalized spacial score (nSPS) is 38.0. The maximum atomic E-state index is 14.2. The number of alkyl halides is 1. The van der Waals surface area contributed by atoms with Crippen molar-refractivity contribution < 1.29 is 29.0 Å². The molecule has 8 atom stereocenters. The lowest BCUT2D eigenvalue weighted by molar-refractivity contribution is -0.145. The van der Waals surface area contributed by atoms with Crippen molar-refractivity contribution in [1.29, 1.82) is 0 Å². The van der Waals surface area contributed by atoms with Gasteiger partial charge in [-0.2, -0.15) is 10.7 Å². The number of carbonyl (C=O) groups excluding carboxylic acids is 3. The number of rotatable bonds is 4. The number of amides is 3. The van der Waals surface area contributed by atoms with E-state index in [1.165, 1.54) is 11.3 Å². The van der Waals surface area contributed by atoms with E-state index in [-0.39, 0.29) is 37.0 Å². The monoisotopic (exact) mass is 681 g/mol. The number of hydrogen-bond acceptors (Lipinski definition) is 9. The summed E-state index contributed by atoms with van der Waals surface area (Å²) < 4.78 is 5.47. The van der Waals surface area contributed by atoms with E-state index < -0.39 is 41.2 Å². The van der Waals surface area contributed by atoms with Gasteiger partial charge in [-0.3, -0.25) is 9.59 Å². The molecule has 44 heavy (non-hydrogen) atoms. The van der Waals surface area contributed by atoms with Crippen molar-refractivity contribution in [2.24, 2.45) is 11.8 Å². The highest BCUT2D eigenvalue weighted by Gasteiger charge is 2.61. The molecule has 0 aromatic carbocycles. The summed E-state index contributed by atoms with van der Waals surface area (Å²) in [6, 6.07) is -2.09. The van der Waals surface area contributed by atoms with Gasteiger partial charge in [0.2, 0.25) is 11.8 Å². The van der Waals surface area contributed by atoms with Crippen molar-refractivity contribution in [1.82, 2.24) is 37.0 Å². The number of nitrogens with zero attached hydrogens (tertiary/aromatic N) is 2. The van der Waals surface area contributed by atoms with Gasteiger partial charge in [0.25, 0.3) is 0 Å². The van der Waals surface area contributed by atoms with Gasteiger partial charge >= 0.3 is 12.1 Å². The van der Waals surface area contributed by atoms with E-state index in [2.05, 4.69) is 42.9 Å². The maximum Gasteiger partial charge on any atom is 0.408 e. The van der Waals surface area contributed by atoms with Crippen LogP contribution in [0.25, 0.3) is 0 Å². The van der Waals surface area contributed by atoms with Crippen LogP contribution in [0.3, 0.4) is 0 Å². The molecule has 3 heterocycles. The lowest BCUT2D eigenvalue weighted by Gasteiger charge is -2.32. The smallest absolute Gasteiger partial charge is 0.408 e. The predicted octanol–water partition coefficient (Wildman–Crippen LogP) is 2.44. The molecule has 14 heteroatoms. The third kappa shape index (κ3) is 7.57. The van der Waals surface area contributed by atoms with Gasteiger partial charge in [0.15, 0.2) is 0 Å². The third-order valence-electron chi connectivity index (χ3n) is 9.47. The summed E-state index contributed by atoms with van der Waals surface area (Å²) in [6.45, 7) is 5.49. The number of ether oxygens (including phenoxy) is 1. The van der Waals surface area contributed by atoms with Crippen LogP contribution in [0.4, 0.5) is 4.79 Å². The summed E-state index contributed by atoms with van der Waals surface area (Å²) in [7, 11) is 0. The molecule has 0 radical (unpaired) electrons. The first-order valence-corrected chi connectivity index (χ1v) is 17.0. The molecule has 0 spiro atoms. The van der Waals surface area contributed by atoms with Crippen LogP contribution in [-0.2, 0) is 19.1 Å². The lowest BCUT2D eigenvalue weighted by Crippen LogP contribution is -2.56. The van der Waals surface area contributed by atoms with Gasteiger partial charge in [0, 0.05) is 23.2 Å². The quantitative estimate of drug-likeness (QED) is 0.192. The van der Waals surface area contributed by atoms with E-state index >= 15 is 0 Å². The molecule has 6 N–H and O–H groups in total. The van der Waals surface area contributed by atoms with E-state index in [0.717, 1.165) is 38.5 Å². The molecule has 0 aromatic heterocycles. The van der Waals surface area contributed by atoms with E-state index in [4.69, 9.17) is 4.74 Å². The zero-order chi connectivity index (χ0) is 31.6. The van der Waals surface area contributed by atoms with Crippen LogP contribution in [0, 0.1) is 11.8 Å². The first kappa shape index (κ1) is 33.1. The summed E-state index contributed by atoms with van der Waals surface area (Å²) in [5.41, 5.74) is 7.92. The fraction of sp³-hybridized carbons (Fsp3) is 0.800. The molecule has 3 amide bonds. The summed E-state index contributed by atoms with van der Waals surface area (Å²) in [4.78, 5) is 55.1. The Bertz CT molecular complexity index is 1130. The van der Waals surface area contributed by atoms with E-state index in [1.807, 2.05) is 17.3 Å². The topological polar surface area (TPSA) is 164 Å². The number of nitrogens with one attached hydrogen (secondary N) is 5. The van der Waals surface area contributed by atoms with Crippen LogP contribution in [0.5, 0.6) is 0 Å². The molecular formula is C30H48BrN7O6. The van der Waals surface area contributed by atoms with Crippen molar-refractivity contribution in [3.05, 3.63) is 12.2 Å². The summed E-state index contributed by atoms with van der Waals surface area (Å²) >= 11 is 3.84. The van der Waals surface area contributed by atoms with E-state index in [0.29, 0.717) is 30.0 Å². The highest BCUT2D eigenvalue weighted by atomic mass is 79.9. The third-order valence-corrected chi connectivity index (χ3v) is 10.6. The number of carboxylic acids is 1. The van der Waals surface area contributed by atoms with Gasteiger partial charge in [0.1, 0.15) is 23.2 Å². The number of carboxylic acid groups (broad SMARTS) is 1. The zero-order valence-corrected chi connectivity index (χ0v) is 27.5. The van der Waals surface area contributed by atoms with Crippen molar-refractivity contribution in [2.45, 2.75) is 132 Å².